The molecule has 2 rings (SSSR count). The van der Waals surface area contributed by atoms with Gasteiger partial charge in [0.05, 0.1) is 5.69 Å². The molecule has 0 fully saturated rings. The van der Waals surface area contributed by atoms with Gasteiger partial charge in [0.1, 0.15) is 0 Å². The van der Waals surface area contributed by atoms with Gasteiger partial charge in [-0.2, -0.15) is 5.10 Å². The van der Waals surface area contributed by atoms with E-state index in [0.29, 0.717) is 0 Å². The van der Waals surface area contributed by atoms with E-state index in [1.54, 1.807) is 0 Å². The van der Waals surface area contributed by atoms with Crippen molar-refractivity contribution < 1.29 is 0 Å². The number of aryl methyl sites for hydroxylation is 1. The Morgan fingerprint density at radius 3 is 2.65 bits per heavy atom. The van der Waals surface area contributed by atoms with Crippen molar-refractivity contribution in [2.45, 2.75) is 32.7 Å². The molecule has 0 atom stereocenters. The van der Waals surface area contributed by atoms with Crippen LogP contribution in [0.5, 0.6) is 0 Å². The molecule has 2 aromatic rings. The Morgan fingerprint density at radius 2 is 2.06 bits per heavy atom. The molecule has 4 nitrogen and oxygen atoms in total. The zero-order chi connectivity index (χ0) is 12.6. The van der Waals surface area contributed by atoms with Crippen LogP contribution >= 0.6 is 0 Å². The largest absolute Gasteiger partial charge is 0.316 e. The van der Waals surface area contributed by atoms with Gasteiger partial charge >= 0.3 is 0 Å². The molecule has 2 aromatic heterocycles. The number of aromatic nitrogens is 3. The maximum Gasteiger partial charge on any atom is 0.157 e. The highest BCUT2D eigenvalue weighted by Crippen LogP contribution is 2.28. The lowest BCUT2D eigenvalue weighted by molar-refractivity contribution is 0.558. The van der Waals surface area contributed by atoms with E-state index in [4.69, 9.17) is 0 Å². The van der Waals surface area contributed by atoms with Gasteiger partial charge in [-0.25, -0.2) is 4.98 Å². The highest BCUT2D eigenvalue weighted by Gasteiger charge is 2.22. The van der Waals surface area contributed by atoms with Gasteiger partial charge in [-0.1, -0.05) is 20.8 Å². The Balaban J connectivity index is 2.65. The first-order valence-electron chi connectivity index (χ1n) is 5.90. The molecular formula is C13H20N4. The second-order valence-corrected chi connectivity index (χ2v) is 5.47. The monoisotopic (exact) mass is 232 g/mol. The Bertz CT molecular complexity index is 534. The van der Waals surface area contributed by atoms with E-state index in [2.05, 4.69) is 42.2 Å². The van der Waals surface area contributed by atoms with Crippen molar-refractivity contribution in [1.82, 2.24) is 20.1 Å². The SMILES string of the molecule is CNCc1cnc2c(c1)c(C(C)(C)C)nn2C. The summed E-state index contributed by atoms with van der Waals surface area (Å²) in [6, 6.07) is 2.19. The van der Waals surface area contributed by atoms with Crippen molar-refractivity contribution in [1.29, 1.82) is 0 Å². The molecule has 2 heterocycles. The fourth-order valence-corrected chi connectivity index (χ4v) is 2.04. The van der Waals surface area contributed by atoms with E-state index in [0.717, 1.165) is 23.3 Å². The van der Waals surface area contributed by atoms with E-state index < -0.39 is 0 Å². The van der Waals surface area contributed by atoms with Crippen molar-refractivity contribution in [3.05, 3.63) is 23.5 Å². The van der Waals surface area contributed by atoms with E-state index in [1.807, 2.05) is 25.0 Å². The van der Waals surface area contributed by atoms with Crippen LogP contribution in [0.2, 0.25) is 0 Å². The van der Waals surface area contributed by atoms with Crippen LogP contribution in [0.25, 0.3) is 11.0 Å². The summed E-state index contributed by atoms with van der Waals surface area (Å²) in [6.45, 7) is 7.37. The summed E-state index contributed by atoms with van der Waals surface area (Å²) in [5.74, 6) is 0. The van der Waals surface area contributed by atoms with E-state index >= 15 is 0 Å². The Hall–Kier alpha value is -1.42. The first kappa shape index (κ1) is 12.0. The summed E-state index contributed by atoms with van der Waals surface area (Å²) in [4.78, 5) is 4.49. The van der Waals surface area contributed by atoms with Crippen molar-refractivity contribution in [3.63, 3.8) is 0 Å². The second-order valence-electron chi connectivity index (χ2n) is 5.47. The van der Waals surface area contributed by atoms with Crippen LogP contribution in [0.15, 0.2) is 12.3 Å². The van der Waals surface area contributed by atoms with Gasteiger partial charge in [-0.15, -0.1) is 0 Å². The Kier molecular flexibility index (Phi) is 2.91. The lowest BCUT2D eigenvalue weighted by atomic mass is 9.90. The standard InChI is InChI=1S/C13H20N4/c1-13(2,3)11-10-6-9(7-14-4)8-15-12(10)17(5)16-11/h6,8,14H,7H2,1-5H3. The van der Waals surface area contributed by atoms with Crippen LogP contribution in [0.4, 0.5) is 0 Å². The maximum absolute atomic E-state index is 4.60. The van der Waals surface area contributed by atoms with Crippen molar-refractivity contribution >= 4 is 11.0 Å². The predicted molar refractivity (Wildman–Crippen MR) is 70.0 cm³/mol. The topological polar surface area (TPSA) is 42.7 Å². The normalized spacial score (nSPS) is 12.3. The molecular weight excluding hydrogens is 212 g/mol. The number of rotatable bonds is 2. The van der Waals surface area contributed by atoms with Crippen LogP contribution < -0.4 is 5.32 Å². The Labute approximate surface area is 102 Å². The predicted octanol–water partition coefficient (Wildman–Crippen LogP) is 1.99. The van der Waals surface area contributed by atoms with E-state index in [-0.39, 0.29) is 5.41 Å². The third-order valence-corrected chi connectivity index (χ3v) is 2.83. The molecule has 0 aliphatic carbocycles. The Morgan fingerprint density at radius 1 is 1.35 bits per heavy atom. The number of fused-ring (bicyclic) bond motifs is 1. The first-order valence-corrected chi connectivity index (χ1v) is 5.90. The minimum atomic E-state index is 0.0411. The van der Waals surface area contributed by atoms with Gasteiger partial charge in [-0.05, 0) is 18.7 Å². The first-order chi connectivity index (χ1) is 7.93. The summed E-state index contributed by atoms with van der Waals surface area (Å²) in [5.41, 5.74) is 3.30. The van der Waals surface area contributed by atoms with Crippen molar-refractivity contribution in [3.8, 4) is 0 Å². The minimum absolute atomic E-state index is 0.0411. The molecule has 0 aliphatic rings. The second kappa shape index (κ2) is 4.11. The number of hydrogen-bond acceptors (Lipinski definition) is 3. The molecule has 92 valence electrons. The highest BCUT2D eigenvalue weighted by molar-refractivity contribution is 5.79. The summed E-state index contributed by atoms with van der Waals surface area (Å²) in [6.07, 6.45) is 1.91. The third kappa shape index (κ3) is 2.17. The van der Waals surface area contributed by atoms with Gasteiger partial charge in [0, 0.05) is 30.6 Å². The molecule has 0 aliphatic heterocycles. The maximum atomic E-state index is 4.60. The summed E-state index contributed by atoms with van der Waals surface area (Å²) in [5, 5.41) is 8.90. The molecule has 0 saturated carbocycles. The van der Waals surface area contributed by atoms with Gasteiger partial charge in [-0.3, -0.25) is 4.68 Å². The minimum Gasteiger partial charge on any atom is -0.316 e. The van der Waals surface area contributed by atoms with E-state index in [9.17, 15) is 0 Å². The smallest absolute Gasteiger partial charge is 0.157 e. The zero-order valence-corrected chi connectivity index (χ0v) is 11.2. The lowest BCUT2D eigenvalue weighted by Gasteiger charge is -2.15. The van der Waals surface area contributed by atoms with Crippen LogP contribution in [0, 0.1) is 0 Å². The van der Waals surface area contributed by atoms with Crippen LogP contribution in [0.1, 0.15) is 32.0 Å². The highest BCUT2D eigenvalue weighted by atomic mass is 15.3. The zero-order valence-electron chi connectivity index (χ0n) is 11.2. The summed E-state index contributed by atoms with van der Waals surface area (Å²) < 4.78 is 1.86. The molecule has 0 saturated heterocycles. The lowest BCUT2D eigenvalue weighted by Crippen LogP contribution is -2.13. The number of nitrogens with one attached hydrogen (secondary N) is 1. The van der Waals surface area contributed by atoms with Gasteiger partial charge in [0.2, 0.25) is 0 Å². The molecule has 0 amide bonds. The molecule has 0 radical (unpaired) electrons. The average molecular weight is 232 g/mol. The van der Waals surface area contributed by atoms with Crippen molar-refractivity contribution in [2.24, 2.45) is 7.05 Å². The van der Waals surface area contributed by atoms with Crippen molar-refractivity contribution in [2.75, 3.05) is 7.05 Å². The molecule has 0 spiro atoms. The fourth-order valence-electron chi connectivity index (χ4n) is 2.04. The van der Waals surface area contributed by atoms with Gasteiger partial charge < -0.3 is 5.32 Å². The van der Waals surface area contributed by atoms with Crippen LogP contribution in [-0.4, -0.2) is 21.8 Å². The number of pyridine rings is 1. The van der Waals surface area contributed by atoms with Gasteiger partial charge in [0.25, 0.3) is 0 Å². The summed E-state index contributed by atoms with van der Waals surface area (Å²) >= 11 is 0. The molecule has 0 aromatic carbocycles. The molecule has 1 N–H and O–H groups in total. The number of nitrogens with zero attached hydrogens (tertiary/aromatic N) is 3. The quantitative estimate of drug-likeness (QED) is 0.861. The summed E-state index contributed by atoms with van der Waals surface area (Å²) in [7, 11) is 3.89. The molecule has 4 heteroatoms. The van der Waals surface area contributed by atoms with E-state index in [1.165, 1.54) is 5.56 Å². The number of hydrogen-bond donors (Lipinski definition) is 1. The molecule has 0 unspecified atom stereocenters. The van der Waals surface area contributed by atoms with Crippen LogP contribution in [0.3, 0.4) is 0 Å². The van der Waals surface area contributed by atoms with Crippen LogP contribution in [-0.2, 0) is 19.0 Å². The average Bonchev–Trinajstić information content (AvgIpc) is 2.56. The third-order valence-electron chi connectivity index (χ3n) is 2.83. The molecule has 17 heavy (non-hydrogen) atoms. The fraction of sp³-hybridized carbons (Fsp3) is 0.538. The molecule has 0 bridgehead atoms. The van der Waals surface area contributed by atoms with Gasteiger partial charge in [0.15, 0.2) is 5.65 Å².